The second-order valence-electron chi connectivity index (χ2n) is 6.50. The standard InChI is InChI=1S/C18H17F3N8O/c19-18(20,21)14-10-29-12(7-26-16(29)8-25-14)17-24-2-1-15(27-17)28-3-4-30-13(9-28)11(5-22)6-23/h1-2,5-8,10,13,22H,3-4,9,23H2/b11-6+,22-5?. The van der Waals surface area contributed by atoms with Crippen molar-refractivity contribution in [2.75, 3.05) is 24.6 Å². The fourth-order valence-electron chi connectivity index (χ4n) is 3.16. The molecule has 9 nitrogen and oxygen atoms in total. The highest BCUT2D eigenvalue weighted by Gasteiger charge is 2.33. The summed E-state index contributed by atoms with van der Waals surface area (Å²) >= 11 is 0. The van der Waals surface area contributed by atoms with E-state index in [1.807, 2.05) is 4.90 Å². The number of nitrogens with two attached hydrogens (primary N) is 1. The van der Waals surface area contributed by atoms with Crippen molar-refractivity contribution in [2.24, 2.45) is 5.73 Å². The van der Waals surface area contributed by atoms with Crippen molar-refractivity contribution in [3.63, 3.8) is 0 Å². The minimum absolute atomic E-state index is 0.226. The van der Waals surface area contributed by atoms with Gasteiger partial charge in [0.1, 0.15) is 17.6 Å². The van der Waals surface area contributed by atoms with Crippen LogP contribution in [0.2, 0.25) is 0 Å². The first kappa shape index (κ1) is 19.8. The van der Waals surface area contributed by atoms with Gasteiger partial charge in [0.15, 0.2) is 17.2 Å². The van der Waals surface area contributed by atoms with Gasteiger partial charge < -0.3 is 20.8 Å². The molecule has 1 aliphatic rings. The van der Waals surface area contributed by atoms with Gasteiger partial charge in [0.2, 0.25) is 0 Å². The van der Waals surface area contributed by atoms with Crippen molar-refractivity contribution in [1.29, 1.82) is 5.41 Å². The molecule has 1 fully saturated rings. The first-order valence-corrected chi connectivity index (χ1v) is 8.93. The number of rotatable bonds is 4. The molecular weight excluding hydrogens is 401 g/mol. The van der Waals surface area contributed by atoms with E-state index in [-0.39, 0.29) is 17.6 Å². The minimum atomic E-state index is -4.58. The summed E-state index contributed by atoms with van der Waals surface area (Å²) in [6, 6.07) is 1.70. The summed E-state index contributed by atoms with van der Waals surface area (Å²) in [4.78, 5) is 18.2. The Bertz CT molecular complexity index is 1110. The molecule has 0 aliphatic carbocycles. The van der Waals surface area contributed by atoms with E-state index in [2.05, 4.69) is 19.9 Å². The number of imidazole rings is 1. The second kappa shape index (κ2) is 7.71. The van der Waals surface area contributed by atoms with Crippen LogP contribution in [0.1, 0.15) is 5.69 Å². The highest BCUT2D eigenvalue weighted by Crippen LogP contribution is 2.29. The number of aromatic nitrogens is 5. The van der Waals surface area contributed by atoms with E-state index in [0.29, 0.717) is 36.8 Å². The number of nitrogens with one attached hydrogen (secondary N) is 1. The third kappa shape index (κ3) is 3.68. The molecule has 0 spiro atoms. The van der Waals surface area contributed by atoms with E-state index < -0.39 is 11.9 Å². The summed E-state index contributed by atoms with van der Waals surface area (Å²) in [6.07, 6.45) is 2.38. The lowest BCUT2D eigenvalue weighted by Gasteiger charge is -2.34. The molecule has 1 aliphatic heterocycles. The molecule has 1 atom stereocenters. The second-order valence-corrected chi connectivity index (χ2v) is 6.50. The SMILES string of the molecule is N=C/C(=C\N)C1CN(c2ccnc(-c3cnc4cnc(C(F)(F)F)cn34)n2)CCO1. The van der Waals surface area contributed by atoms with Crippen LogP contribution in [0, 0.1) is 5.41 Å². The zero-order valence-electron chi connectivity index (χ0n) is 15.5. The number of morpholine rings is 1. The van der Waals surface area contributed by atoms with Gasteiger partial charge in [0, 0.05) is 43.5 Å². The molecule has 156 valence electrons. The van der Waals surface area contributed by atoms with Crippen LogP contribution in [0.5, 0.6) is 0 Å². The molecule has 3 aromatic heterocycles. The molecule has 3 aromatic rings. The normalized spacial score (nSPS) is 18.0. The van der Waals surface area contributed by atoms with Crippen LogP contribution in [0.3, 0.4) is 0 Å². The number of nitrogens with zero attached hydrogens (tertiary/aromatic N) is 6. The van der Waals surface area contributed by atoms with Gasteiger partial charge in [-0.05, 0) is 6.07 Å². The molecule has 1 saturated heterocycles. The number of alkyl halides is 3. The van der Waals surface area contributed by atoms with Gasteiger partial charge >= 0.3 is 6.18 Å². The summed E-state index contributed by atoms with van der Waals surface area (Å²) in [5.41, 5.74) is 5.62. The highest BCUT2D eigenvalue weighted by atomic mass is 19.4. The summed E-state index contributed by atoms with van der Waals surface area (Å²) in [5, 5.41) is 7.44. The third-order valence-electron chi connectivity index (χ3n) is 4.68. The Morgan fingerprint density at radius 2 is 2.10 bits per heavy atom. The molecule has 0 aromatic carbocycles. The van der Waals surface area contributed by atoms with Crippen LogP contribution < -0.4 is 10.6 Å². The topological polar surface area (TPSA) is 118 Å². The van der Waals surface area contributed by atoms with Gasteiger partial charge in [0.05, 0.1) is 19.0 Å². The summed E-state index contributed by atoms with van der Waals surface area (Å²) in [5.74, 6) is 0.804. The zero-order valence-corrected chi connectivity index (χ0v) is 15.5. The number of anilines is 1. The Morgan fingerprint density at radius 3 is 2.83 bits per heavy atom. The first-order chi connectivity index (χ1) is 14.4. The molecule has 3 N–H and O–H groups in total. The van der Waals surface area contributed by atoms with Crippen LogP contribution in [0.15, 0.2) is 42.6 Å². The molecule has 0 radical (unpaired) electrons. The van der Waals surface area contributed by atoms with Gasteiger partial charge in [-0.2, -0.15) is 13.2 Å². The Kier molecular flexibility index (Phi) is 5.08. The van der Waals surface area contributed by atoms with Gasteiger partial charge in [0.25, 0.3) is 0 Å². The molecule has 0 amide bonds. The lowest BCUT2D eigenvalue weighted by molar-refractivity contribution is -0.141. The van der Waals surface area contributed by atoms with E-state index in [9.17, 15) is 13.2 Å². The van der Waals surface area contributed by atoms with Crippen molar-refractivity contribution in [3.8, 4) is 11.5 Å². The van der Waals surface area contributed by atoms with E-state index in [0.717, 1.165) is 18.6 Å². The predicted octanol–water partition coefficient (Wildman–Crippen LogP) is 1.90. The van der Waals surface area contributed by atoms with Crippen molar-refractivity contribution in [3.05, 3.63) is 48.3 Å². The molecule has 4 heterocycles. The van der Waals surface area contributed by atoms with Gasteiger partial charge in [-0.3, -0.25) is 4.40 Å². The Morgan fingerprint density at radius 1 is 1.27 bits per heavy atom. The predicted molar refractivity (Wildman–Crippen MR) is 102 cm³/mol. The highest BCUT2D eigenvalue weighted by molar-refractivity contribution is 5.77. The van der Waals surface area contributed by atoms with Crippen molar-refractivity contribution in [2.45, 2.75) is 12.3 Å². The zero-order chi connectivity index (χ0) is 21.3. The van der Waals surface area contributed by atoms with Crippen LogP contribution in [0.25, 0.3) is 17.2 Å². The fourth-order valence-corrected chi connectivity index (χ4v) is 3.16. The van der Waals surface area contributed by atoms with E-state index in [1.165, 1.54) is 23.0 Å². The molecule has 0 bridgehead atoms. The van der Waals surface area contributed by atoms with E-state index in [1.54, 1.807) is 6.07 Å². The molecule has 1 unspecified atom stereocenters. The fraction of sp³-hybridized carbons (Fsp3) is 0.278. The van der Waals surface area contributed by atoms with Crippen LogP contribution in [-0.4, -0.2) is 56.4 Å². The summed E-state index contributed by atoms with van der Waals surface area (Å²) in [6.45, 7) is 1.38. The first-order valence-electron chi connectivity index (χ1n) is 8.93. The number of hydrogen-bond donors (Lipinski definition) is 2. The lowest BCUT2D eigenvalue weighted by Crippen LogP contribution is -2.44. The quantitative estimate of drug-likeness (QED) is 0.621. The van der Waals surface area contributed by atoms with Crippen molar-refractivity contribution >= 4 is 17.7 Å². The Labute approximate surface area is 168 Å². The average molecular weight is 418 g/mol. The van der Waals surface area contributed by atoms with Crippen LogP contribution >= 0.6 is 0 Å². The summed E-state index contributed by atoms with van der Waals surface area (Å²) < 4.78 is 46.1. The maximum Gasteiger partial charge on any atom is 0.434 e. The van der Waals surface area contributed by atoms with Gasteiger partial charge in [-0.25, -0.2) is 19.9 Å². The monoisotopic (exact) mass is 418 g/mol. The molecular formula is C18H17F3N8O. The van der Waals surface area contributed by atoms with Crippen LogP contribution in [0.4, 0.5) is 19.0 Å². The van der Waals surface area contributed by atoms with E-state index >= 15 is 0 Å². The molecule has 0 saturated carbocycles. The van der Waals surface area contributed by atoms with Gasteiger partial charge in [-0.1, -0.05) is 0 Å². The van der Waals surface area contributed by atoms with Crippen molar-refractivity contribution in [1.82, 2.24) is 24.3 Å². The Balaban J connectivity index is 1.68. The largest absolute Gasteiger partial charge is 0.434 e. The Hall–Kier alpha value is -3.54. The number of halogens is 3. The van der Waals surface area contributed by atoms with Gasteiger partial charge in [-0.15, -0.1) is 0 Å². The minimum Gasteiger partial charge on any atom is -0.404 e. The maximum absolute atomic E-state index is 13.0. The maximum atomic E-state index is 13.0. The average Bonchev–Trinajstić information content (AvgIpc) is 3.18. The smallest absolute Gasteiger partial charge is 0.404 e. The van der Waals surface area contributed by atoms with E-state index in [4.69, 9.17) is 15.9 Å². The summed E-state index contributed by atoms with van der Waals surface area (Å²) in [7, 11) is 0. The molecule has 4 rings (SSSR count). The number of fused-ring (bicyclic) bond motifs is 1. The third-order valence-corrected chi connectivity index (χ3v) is 4.68. The number of ether oxygens (including phenoxy) is 1. The van der Waals surface area contributed by atoms with Crippen LogP contribution in [-0.2, 0) is 10.9 Å². The lowest BCUT2D eigenvalue weighted by atomic mass is 10.1. The van der Waals surface area contributed by atoms with Crippen molar-refractivity contribution < 1.29 is 17.9 Å². The molecule has 30 heavy (non-hydrogen) atoms. The molecule has 12 heteroatoms. The number of hydrogen-bond acceptors (Lipinski definition) is 8.